The molecule has 0 aliphatic carbocycles. The van der Waals surface area contributed by atoms with E-state index in [2.05, 4.69) is 21.2 Å². The van der Waals surface area contributed by atoms with Crippen molar-refractivity contribution in [3.8, 4) is 0 Å². The molecular weight excluding hydrogens is 324 g/mol. The van der Waals surface area contributed by atoms with Gasteiger partial charge in [-0.3, -0.25) is 0 Å². The third-order valence-electron chi connectivity index (χ3n) is 3.24. The van der Waals surface area contributed by atoms with Crippen LogP contribution in [-0.2, 0) is 12.8 Å². The lowest BCUT2D eigenvalue weighted by Crippen LogP contribution is -2.30. The smallest absolute Gasteiger partial charge is 0.126 e. The summed E-state index contributed by atoms with van der Waals surface area (Å²) in [5.74, 6) is -0.469. The van der Waals surface area contributed by atoms with Gasteiger partial charge in [-0.15, -0.1) is 0 Å². The Morgan fingerprint density at radius 1 is 1.10 bits per heavy atom. The lowest BCUT2D eigenvalue weighted by molar-refractivity contribution is 0.530. The molecule has 106 valence electrons. The van der Waals surface area contributed by atoms with Crippen LogP contribution in [0.5, 0.6) is 0 Å². The van der Waals surface area contributed by atoms with Crippen LogP contribution in [0, 0.1) is 11.6 Å². The molecule has 0 aromatic heterocycles. The third kappa shape index (κ3) is 4.12. The molecule has 1 atom stereocenters. The number of rotatable bonds is 5. The van der Waals surface area contributed by atoms with Gasteiger partial charge in [0.05, 0.1) is 0 Å². The van der Waals surface area contributed by atoms with Crippen LogP contribution in [0.1, 0.15) is 11.1 Å². The monoisotopic (exact) mass is 339 g/mol. The van der Waals surface area contributed by atoms with Crippen LogP contribution in [-0.4, -0.2) is 13.1 Å². The highest BCUT2D eigenvalue weighted by molar-refractivity contribution is 9.10. The molecule has 0 saturated carbocycles. The molecule has 4 heteroatoms. The topological polar surface area (TPSA) is 12.0 Å². The zero-order valence-electron chi connectivity index (χ0n) is 11.2. The molecule has 1 N–H and O–H groups in total. The molecule has 0 spiro atoms. The summed E-state index contributed by atoms with van der Waals surface area (Å²) in [6.45, 7) is 0. The molecule has 0 aliphatic heterocycles. The van der Waals surface area contributed by atoms with Gasteiger partial charge in [0.25, 0.3) is 0 Å². The second kappa shape index (κ2) is 6.95. The third-order valence-corrected chi connectivity index (χ3v) is 3.69. The van der Waals surface area contributed by atoms with Gasteiger partial charge in [0.15, 0.2) is 0 Å². The summed E-state index contributed by atoms with van der Waals surface area (Å²) >= 11 is 3.28. The average Bonchev–Trinajstić information content (AvgIpc) is 2.39. The maximum atomic E-state index is 13.7. The van der Waals surface area contributed by atoms with Crippen LogP contribution in [0.3, 0.4) is 0 Å². The van der Waals surface area contributed by atoms with Crippen LogP contribution in [0.15, 0.2) is 46.9 Å². The lowest BCUT2D eigenvalue weighted by Gasteiger charge is -2.17. The fraction of sp³-hybridized carbons (Fsp3) is 0.250. The van der Waals surface area contributed by atoms with Crippen LogP contribution >= 0.6 is 15.9 Å². The summed E-state index contributed by atoms with van der Waals surface area (Å²) < 4.78 is 27.7. The van der Waals surface area contributed by atoms with Crippen molar-refractivity contribution in [2.75, 3.05) is 7.05 Å². The molecular formula is C16H16BrF2N. The maximum absolute atomic E-state index is 13.7. The number of hydrogen-bond donors (Lipinski definition) is 1. The van der Waals surface area contributed by atoms with E-state index in [1.807, 2.05) is 19.2 Å². The van der Waals surface area contributed by atoms with Crippen molar-refractivity contribution < 1.29 is 8.78 Å². The predicted octanol–water partition coefficient (Wildman–Crippen LogP) is 4.10. The average molecular weight is 340 g/mol. The minimum Gasteiger partial charge on any atom is -0.316 e. The van der Waals surface area contributed by atoms with Crippen molar-refractivity contribution in [1.82, 2.24) is 5.32 Å². The van der Waals surface area contributed by atoms with Gasteiger partial charge in [-0.25, -0.2) is 8.78 Å². The first kappa shape index (κ1) is 15.1. The molecule has 2 aromatic rings. The second-order valence-corrected chi connectivity index (χ2v) is 5.68. The minimum atomic E-state index is -0.268. The molecule has 1 nitrogen and oxygen atoms in total. The summed E-state index contributed by atoms with van der Waals surface area (Å²) in [6, 6.07) is 11.6. The highest BCUT2D eigenvalue weighted by Crippen LogP contribution is 2.18. The number of benzene rings is 2. The lowest BCUT2D eigenvalue weighted by atomic mass is 9.99. The van der Waals surface area contributed by atoms with Crippen molar-refractivity contribution in [2.45, 2.75) is 18.9 Å². The minimum absolute atomic E-state index is 0.0561. The van der Waals surface area contributed by atoms with Crippen molar-refractivity contribution in [3.63, 3.8) is 0 Å². The molecule has 0 fully saturated rings. The molecule has 0 bridgehead atoms. The quantitative estimate of drug-likeness (QED) is 0.864. The molecule has 0 amide bonds. The van der Waals surface area contributed by atoms with Crippen LogP contribution in [0.4, 0.5) is 8.78 Å². The molecule has 0 saturated heterocycles. The van der Waals surface area contributed by atoms with E-state index in [0.29, 0.717) is 22.9 Å². The first-order valence-corrected chi connectivity index (χ1v) is 7.23. The Labute approximate surface area is 126 Å². The first-order chi connectivity index (χ1) is 9.58. The highest BCUT2D eigenvalue weighted by Gasteiger charge is 2.12. The normalized spacial score (nSPS) is 12.4. The molecule has 0 aliphatic rings. The van der Waals surface area contributed by atoms with Crippen molar-refractivity contribution in [3.05, 3.63) is 69.7 Å². The van der Waals surface area contributed by atoms with Gasteiger partial charge in [-0.05, 0) is 55.3 Å². The SMILES string of the molecule is CNC(Cc1cc(F)cc(Br)c1)Cc1ccccc1F. The molecule has 20 heavy (non-hydrogen) atoms. The summed E-state index contributed by atoms with van der Waals surface area (Å²) in [7, 11) is 1.83. The van der Waals surface area contributed by atoms with Gasteiger partial charge in [0.2, 0.25) is 0 Å². The van der Waals surface area contributed by atoms with E-state index in [1.54, 1.807) is 12.1 Å². The Morgan fingerprint density at radius 3 is 2.50 bits per heavy atom. The number of likely N-dealkylation sites (N-methyl/N-ethyl adjacent to an activating group) is 1. The Kier molecular flexibility index (Phi) is 5.26. The van der Waals surface area contributed by atoms with Gasteiger partial charge in [0, 0.05) is 10.5 Å². The van der Waals surface area contributed by atoms with Crippen LogP contribution < -0.4 is 5.32 Å². The standard InChI is InChI=1S/C16H16BrF2N/c1-20-15(9-12-4-2-3-5-16(12)19)8-11-6-13(17)10-14(18)7-11/h2-7,10,15,20H,8-9H2,1H3. The van der Waals surface area contributed by atoms with Crippen LogP contribution in [0.25, 0.3) is 0 Å². The van der Waals surface area contributed by atoms with Crippen molar-refractivity contribution in [2.24, 2.45) is 0 Å². The molecule has 2 rings (SSSR count). The van der Waals surface area contributed by atoms with Crippen molar-refractivity contribution >= 4 is 15.9 Å². The van der Waals surface area contributed by atoms with Gasteiger partial charge in [-0.2, -0.15) is 0 Å². The Bertz CT molecular complexity index is 566. The van der Waals surface area contributed by atoms with Gasteiger partial charge < -0.3 is 5.32 Å². The molecule has 1 unspecified atom stereocenters. The molecule has 2 aromatic carbocycles. The highest BCUT2D eigenvalue weighted by atomic mass is 79.9. The van der Waals surface area contributed by atoms with E-state index >= 15 is 0 Å². The van der Waals surface area contributed by atoms with Crippen molar-refractivity contribution in [1.29, 1.82) is 0 Å². The summed E-state index contributed by atoms with van der Waals surface area (Å²) in [4.78, 5) is 0. The molecule has 0 heterocycles. The summed E-state index contributed by atoms with van der Waals surface area (Å²) in [5.41, 5.74) is 1.55. The Hall–Kier alpha value is -1.26. The number of nitrogens with one attached hydrogen (secondary N) is 1. The van der Waals surface area contributed by atoms with E-state index in [0.717, 1.165) is 5.56 Å². The zero-order chi connectivity index (χ0) is 14.5. The number of halogens is 3. The predicted molar refractivity (Wildman–Crippen MR) is 80.8 cm³/mol. The van der Waals surface area contributed by atoms with Gasteiger partial charge >= 0.3 is 0 Å². The second-order valence-electron chi connectivity index (χ2n) is 4.76. The van der Waals surface area contributed by atoms with Gasteiger partial charge in [-0.1, -0.05) is 34.1 Å². The number of hydrogen-bond acceptors (Lipinski definition) is 1. The maximum Gasteiger partial charge on any atom is 0.126 e. The molecule has 0 radical (unpaired) electrons. The van der Waals surface area contributed by atoms with E-state index in [4.69, 9.17) is 0 Å². The first-order valence-electron chi connectivity index (χ1n) is 6.44. The van der Waals surface area contributed by atoms with E-state index in [-0.39, 0.29) is 17.7 Å². The largest absolute Gasteiger partial charge is 0.316 e. The summed E-state index contributed by atoms with van der Waals surface area (Å²) in [5, 5.41) is 3.16. The fourth-order valence-electron chi connectivity index (χ4n) is 2.22. The van der Waals surface area contributed by atoms with E-state index < -0.39 is 0 Å². The Balaban J connectivity index is 2.11. The van der Waals surface area contributed by atoms with E-state index in [1.165, 1.54) is 18.2 Å². The summed E-state index contributed by atoms with van der Waals surface area (Å²) in [6.07, 6.45) is 1.21. The zero-order valence-corrected chi connectivity index (χ0v) is 12.8. The Morgan fingerprint density at radius 2 is 1.85 bits per heavy atom. The fourth-order valence-corrected chi connectivity index (χ4v) is 2.73. The van der Waals surface area contributed by atoms with E-state index in [9.17, 15) is 8.78 Å². The van der Waals surface area contributed by atoms with Crippen LogP contribution in [0.2, 0.25) is 0 Å². The van der Waals surface area contributed by atoms with Gasteiger partial charge in [0.1, 0.15) is 11.6 Å².